The summed E-state index contributed by atoms with van der Waals surface area (Å²) in [6.45, 7) is 19.3. The van der Waals surface area contributed by atoms with E-state index in [-0.39, 0.29) is 27.7 Å². The number of aliphatic hydroxyl groups is 1. The highest BCUT2D eigenvalue weighted by Gasteiger charge is 2.69. The SMILES string of the molecule is CC1(C)C(N)C(C)(C)C(C)(C)C(C)(O)C1(C)C. The van der Waals surface area contributed by atoms with E-state index in [1.54, 1.807) is 0 Å². The van der Waals surface area contributed by atoms with Crippen LogP contribution >= 0.6 is 0 Å². The fourth-order valence-corrected chi connectivity index (χ4v) is 3.72. The van der Waals surface area contributed by atoms with E-state index in [0.29, 0.717) is 0 Å². The lowest BCUT2D eigenvalue weighted by Gasteiger charge is -2.70. The van der Waals surface area contributed by atoms with Crippen LogP contribution in [0.25, 0.3) is 0 Å². The molecule has 0 unspecified atom stereocenters. The van der Waals surface area contributed by atoms with Gasteiger partial charge in [0.05, 0.1) is 5.60 Å². The van der Waals surface area contributed by atoms with Gasteiger partial charge in [0.1, 0.15) is 0 Å². The molecular formula is C15H31NO. The van der Waals surface area contributed by atoms with Crippen molar-refractivity contribution in [3.05, 3.63) is 0 Å². The van der Waals surface area contributed by atoms with Crippen LogP contribution in [0.1, 0.15) is 62.3 Å². The Hall–Kier alpha value is -0.0800. The maximum absolute atomic E-state index is 11.2. The van der Waals surface area contributed by atoms with Crippen molar-refractivity contribution in [1.29, 1.82) is 0 Å². The quantitative estimate of drug-likeness (QED) is 0.684. The lowest BCUT2D eigenvalue weighted by atomic mass is 9.37. The van der Waals surface area contributed by atoms with Gasteiger partial charge in [0.25, 0.3) is 0 Å². The van der Waals surface area contributed by atoms with Crippen molar-refractivity contribution in [2.75, 3.05) is 0 Å². The standard InChI is InChI=1S/C15H31NO/c1-11(2)10(16)12(3,4)14(7,8)15(9,17)13(11,5)6/h10,17H,16H2,1-9H3. The van der Waals surface area contributed by atoms with Crippen LogP contribution in [0.4, 0.5) is 0 Å². The molecule has 0 aromatic rings. The maximum Gasteiger partial charge on any atom is 0.0732 e. The summed E-state index contributed by atoms with van der Waals surface area (Å²) in [4.78, 5) is 0. The number of rotatable bonds is 0. The molecule has 2 nitrogen and oxygen atoms in total. The number of nitrogens with two attached hydrogens (primary N) is 1. The Kier molecular flexibility index (Phi) is 2.88. The summed E-state index contributed by atoms with van der Waals surface area (Å²) >= 11 is 0. The summed E-state index contributed by atoms with van der Waals surface area (Å²) in [5.41, 5.74) is 5.08. The van der Waals surface area contributed by atoms with Gasteiger partial charge in [0.2, 0.25) is 0 Å². The van der Waals surface area contributed by atoms with Crippen LogP contribution in [0.2, 0.25) is 0 Å². The highest BCUT2D eigenvalue weighted by atomic mass is 16.3. The van der Waals surface area contributed by atoms with E-state index in [1.165, 1.54) is 0 Å². The molecule has 1 saturated carbocycles. The van der Waals surface area contributed by atoms with Gasteiger partial charge in [0.15, 0.2) is 0 Å². The molecule has 0 bridgehead atoms. The van der Waals surface area contributed by atoms with Crippen LogP contribution in [0.15, 0.2) is 0 Å². The lowest BCUT2D eigenvalue weighted by Crippen LogP contribution is -2.75. The summed E-state index contributed by atoms with van der Waals surface area (Å²) in [6, 6.07) is 0.0558. The van der Waals surface area contributed by atoms with Crippen molar-refractivity contribution < 1.29 is 5.11 Å². The fourth-order valence-electron chi connectivity index (χ4n) is 3.72. The molecule has 1 aliphatic rings. The molecule has 0 atom stereocenters. The van der Waals surface area contributed by atoms with Gasteiger partial charge < -0.3 is 10.8 Å². The summed E-state index contributed by atoms with van der Waals surface area (Å²) < 4.78 is 0. The predicted octanol–water partition coefficient (Wildman–Crippen LogP) is 3.18. The third kappa shape index (κ3) is 1.34. The van der Waals surface area contributed by atoms with Gasteiger partial charge in [-0.1, -0.05) is 55.4 Å². The zero-order valence-electron chi connectivity index (χ0n) is 13.1. The second-order valence-corrected chi connectivity index (χ2v) is 8.24. The van der Waals surface area contributed by atoms with Crippen LogP contribution in [-0.2, 0) is 0 Å². The van der Waals surface area contributed by atoms with Gasteiger partial charge in [-0.2, -0.15) is 0 Å². The molecule has 0 aromatic heterocycles. The number of hydrogen-bond donors (Lipinski definition) is 2. The van der Waals surface area contributed by atoms with E-state index in [9.17, 15) is 5.11 Å². The average molecular weight is 241 g/mol. The molecule has 1 aliphatic carbocycles. The van der Waals surface area contributed by atoms with Crippen LogP contribution in [-0.4, -0.2) is 16.7 Å². The van der Waals surface area contributed by atoms with Crippen LogP contribution in [0.3, 0.4) is 0 Å². The third-order valence-corrected chi connectivity index (χ3v) is 7.21. The first-order chi connectivity index (χ1) is 7.15. The molecule has 0 saturated heterocycles. The molecule has 0 aromatic carbocycles. The minimum atomic E-state index is -0.761. The van der Waals surface area contributed by atoms with Crippen LogP contribution in [0, 0.1) is 21.7 Å². The topological polar surface area (TPSA) is 46.2 Å². The molecule has 17 heavy (non-hydrogen) atoms. The van der Waals surface area contributed by atoms with Crippen LogP contribution in [0.5, 0.6) is 0 Å². The molecule has 102 valence electrons. The van der Waals surface area contributed by atoms with Crippen molar-refractivity contribution in [2.45, 2.75) is 74.0 Å². The summed E-state index contributed by atoms with van der Waals surface area (Å²) in [7, 11) is 0. The molecule has 0 spiro atoms. The average Bonchev–Trinajstić information content (AvgIpc) is 2.13. The maximum atomic E-state index is 11.2. The summed E-state index contributed by atoms with van der Waals surface area (Å²) in [5.74, 6) is 0. The van der Waals surface area contributed by atoms with Gasteiger partial charge in [-0.15, -0.1) is 0 Å². The largest absolute Gasteiger partial charge is 0.389 e. The van der Waals surface area contributed by atoms with Crippen molar-refractivity contribution in [3.8, 4) is 0 Å². The smallest absolute Gasteiger partial charge is 0.0732 e. The molecule has 3 N–H and O–H groups in total. The Morgan fingerprint density at radius 2 is 0.941 bits per heavy atom. The second-order valence-electron chi connectivity index (χ2n) is 8.24. The Bertz CT molecular complexity index is 294. The third-order valence-electron chi connectivity index (χ3n) is 7.21. The van der Waals surface area contributed by atoms with E-state index in [4.69, 9.17) is 5.73 Å². The van der Waals surface area contributed by atoms with Gasteiger partial charge in [0, 0.05) is 16.9 Å². The normalized spacial score (nSPS) is 42.2. The summed E-state index contributed by atoms with van der Waals surface area (Å²) in [6.07, 6.45) is 0. The first-order valence-electron chi connectivity index (χ1n) is 6.63. The van der Waals surface area contributed by atoms with Gasteiger partial charge in [-0.3, -0.25) is 0 Å². The fraction of sp³-hybridized carbons (Fsp3) is 1.00. The lowest BCUT2D eigenvalue weighted by molar-refractivity contribution is -0.268. The molecule has 0 radical (unpaired) electrons. The second kappa shape index (κ2) is 3.27. The molecular weight excluding hydrogens is 210 g/mol. The summed E-state index contributed by atoms with van der Waals surface area (Å²) in [5, 5.41) is 11.2. The molecule has 1 fully saturated rings. The van der Waals surface area contributed by atoms with Crippen molar-refractivity contribution in [3.63, 3.8) is 0 Å². The Balaban J connectivity index is 3.56. The highest BCUT2D eigenvalue weighted by Crippen LogP contribution is 2.67. The monoisotopic (exact) mass is 241 g/mol. The Morgan fingerprint density at radius 1 is 0.706 bits per heavy atom. The first-order valence-corrected chi connectivity index (χ1v) is 6.63. The predicted molar refractivity (Wildman–Crippen MR) is 73.7 cm³/mol. The molecule has 0 heterocycles. The van der Waals surface area contributed by atoms with E-state index < -0.39 is 5.60 Å². The minimum Gasteiger partial charge on any atom is -0.389 e. The first kappa shape index (κ1) is 15.0. The van der Waals surface area contributed by atoms with E-state index in [1.807, 2.05) is 6.92 Å². The van der Waals surface area contributed by atoms with E-state index in [2.05, 4.69) is 55.4 Å². The van der Waals surface area contributed by atoms with Gasteiger partial charge in [-0.25, -0.2) is 0 Å². The van der Waals surface area contributed by atoms with Crippen molar-refractivity contribution in [1.82, 2.24) is 0 Å². The number of hydrogen-bond acceptors (Lipinski definition) is 2. The van der Waals surface area contributed by atoms with Gasteiger partial charge >= 0.3 is 0 Å². The van der Waals surface area contributed by atoms with E-state index in [0.717, 1.165) is 0 Å². The Labute approximate surface area is 107 Å². The van der Waals surface area contributed by atoms with Gasteiger partial charge in [-0.05, 0) is 17.8 Å². The Morgan fingerprint density at radius 3 is 1.18 bits per heavy atom. The zero-order chi connectivity index (χ0) is 14.1. The van der Waals surface area contributed by atoms with E-state index >= 15 is 0 Å². The van der Waals surface area contributed by atoms with Crippen molar-refractivity contribution >= 4 is 0 Å². The highest BCUT2D eigenvalue weighted by molar-refractivity contribution is 5.20. The minimum absolute atomic E-state index is 0.0558. The van der Waals surface area contributed by atoms with Crippen LogP contribution < -0.4 is 5.73 Å². The molecule has 0 amide bonds. The zero-order valence-corrected chi connectivity index (χ0v) is 13.1. The molecule has 1 rings (SSSR count). The molecule has 0 aliphatic heterocycles. The van der Waals surface area contributed by atoms with Crippen molar-refractivity contribution in [2.24, 2.45) is 27.4 Å². The molecule has 2 heteroatoms.